The Morgan fingerprint density at radius 2 is 1.95 bits per heavy atom. The maximum absolute atomic E-state index is 12.0. The largest absolute Gasteiger partial charge is 0.480 e. The molecule has 110 valence electrons. The number of carboxylic acids is 1. The first-order valence-electron chi connectivity index (χ1n) is 6.30. The van der Waals surface area contributed by atoms with Crippen molar-refractivity contribution in [3.63, 3.8) is 0 Å². The van der Waals surface area contributed by atoms with Crippen molar-refractivity contribution in [1.82, 2.24) is 20.0 Å². The van der Waals surface area contributed by atoms with Crippen LogP contribution in [0.2, 0.25) is 0 Å². The van der Waals surface area contributed by atoms with E-state index in [1.165, 1.54) is 11.3 Å². The number of rotatable bonds is 3. The predicted octanol–water partition coefficient (Wildman–Crippen LogP) is 0.469. The number of aliphatic carboxylic acids is 1. The van der Waals surface area contributed by atoms with Crippen LogP contribution in [0.3, 0.4) is 0 Å². The van der Waals surface area contributed by atoms with Crippen LogP contribution in [0.15, 0.2) is 0 Å². The lowest BCUT2D eigenvalue weighted by molar-refractivity contribution is -0.143. The molecule has 1 fully saturated rings. The van der Waals surface area contributed by atoms with Crippen LogP contribution in [0.25, 0.3) is 0 Å². The number of aromatic nitrogens is 2. The molecule has 1 saturated heterocycles. The standard InChI is InChI=1S/C11H17N5O3S/c1-7(9(17)18)15-3-5-16(6-4-15)11(19)12-10-14-13-8(2)20-10/h7H,3-6H2,1-2H3,(H,17,18)(H,12,14,19). The zero-order chi connectivity index (χ0) is 14.7. The number of nitrogens with one attached hydrogen (secondary N) is 1. The van der Waals surface area contributed by atoms with Crippen LogP contribution in [-0.2, 0) is 4.79 Å². The van der Waals surface area contributed by atoms with Crippen molar-refractivity contribution in [2.24, 2.45) is 0 Å². The Morgan fingerprint density at radius 1 is 1.30 bits per heavy atom. The summed E-state index contributed by atoms with van der Waals surface area (Å²) in [5.74, 6) is -0.841. The topological polar surface area (TPSA) is 98.7 Å². The lowest BCUT2D eigenvalue weighted by Gasteiger charge is -2.36. The molecular weight excluding hydrogens is 282 g/mol. The van der Waals surface area contributed by atoms with E-state index < -0.39 is 12.0 Å². The number of hydrogen-bond donors (Lipinski definition) is 2. The number of urea groups is 1. The van der Waals surface area contributed by atoms with E-state index in [-0.39, 0.29) is 6.03 Å². The Morgan fingerprint density at radius 3 is 2.45 bits per heavy atom. The fraction of sp³-hybridized carbons (Fsp3) is 0.636. The summed E-state index contributed by atoms with van der Waals surface area (Å²) in [7, 11) is 0. The highest BCUT2D eigenvalue weighted by molar-refractivity contribution is 7.15. The first-order chi connectivity index (χ1) is 9.47. The summed E-state index contributed by atoms with van der Waals surface area (Å²) in [6.45, 7) is 5.58. The van der Waals surface area contributed by atoms with Gasteiger partial charge in [0.15, 0.2) is 0 Å². The summed E-state index contributed by atoms with van der Waals surface area (Å²) in [5, 5.41) is 20.6. The molecule has 0 radical (unpaired) electrons. The van der Waals surface area contributed by atoms with Gasteiger partial charge in [-0.25, -0.2) is 4.79 Å². The zero-order valence-corrected chi connectivity index (χ0v) is 12.2. The minimum Gasteiger partial charge on any atom is -0.480 e. The number of anilines is 1. The highest BCUT2D eigenvalue weighted by atomic mass is 32.1. The van der Waals surface area contributed by atoms with E-state index >= 15 is 0 Å². The van der Waals surface area contributed by atoms with Gasteiger partial charge < -0.3 is 10.0 Å². The average Bonchev–Trinajstić information content (AvgIpc) is 2.83. The van der Waals surface area contributed by atoms with Crippen LogP contribution in [0.4, 0.5) is 9.93 Å². The summed E-state index contributed by atoms with van der Waals surface area (Å²) in [4.78, 5) is 26.4. The second kappa shape index (κ2) is 6.14. The average molecular weight is 299 g/mol. The minimum atomic E-state index is -0.841. The second-order valence-electron chi connectivity index (χ2n) is 4.59. The molecule has 1 aromatic heterocycles. The van der Waals surface area contributed by atoms with Crippen LogP contribution in [0.5, 0.6) is 0 Å². The summed E-state index contributed by atoms with van der Waals surface area (Å²) in [6.07, 6.45) is 0. The van der Waals surface area contributed by atoms with E-state index in [4.69, 9.17) is 5.11 Å². The number of aryl methyl sites for hydroxylation is 1. The van der Waals surface area contributed by atoms with Gasteiger partial charge in [0.2, 0.25) is 5.13 Å². The van der Waals surface area contributed by atoms with Crippen molar-refractivity contribution in [1.29, 1.82) is 0 Å². The first kappa shape index (κ1) is 14.7. The van der Waals surface area contributed by atoms with E-state index in [0.717, 1.165) is 5.01 Å². The lowest BCUT2D eigenvalue weighted by atomic mass is 10.2. The second-order valence-corrected chi connectivity index (χ2v) is 5.78. The van der Waals surface area contributed by atoms with Crippen molar-refractivity contribution < 1.29 is 14.7 Å². The normalized spacial score (nSPS) is 17.8. The lowest BCUT2D eigenvalue weighted by Crippen LogP contribution is -2.53. The van der Waals surface area contributed by atoms with Gasteiger partial charge in [0, 0.05) is 26.2 Å². The first-order valence-corrected chi connectivity index (χ1v) is 7.12. The Hall–Kier alpha value is -1.74. The number of nitrogens with zero attached hydrogens (tertiary/aromatic N) is 4. The molecule has 2 amide bonds. The molecule has 2 heterocycles. The molecule has 0 spiro atoms. The number of carbonyl (C=O) groups excluding carboxylic acids is 1. The van der Waals surface area contributed by atoms with E-state index in [1.54, 1.807) is 11.8 Å². The Labute approximate surface area is 120 Å². The van der Waals surface area contributed by atoms with Crippen LogP contribution in [0.1, 0.15) is 11.9 Å². The molecule has 0 bridgehead atoms. The van der Waals surface area contributed by atoms with Gasteiger partial charge in [-0.1, -0.05) is 11.3 Å². The van der Waals surface area contributed by atoms with Gasteiger partial charge >= 0.3 is 12.0 Å². The van der Waals surface area contributed by atoms with E-state index in [9.17, 15) is 9.59 Å². The summed E-state index contributed by atoms with van der Waals surface area (Å²) in [5.41, 5.74) is 0. The van der Waals surface area contributed by atoms with E-state index in [2.05, 4.69) is 15.5 Å². The molecule has 1 aliphatic rings. The molecule has 0 aromatic carbocycles. The van der Waals surface area contributed by atoms with Gasteiger partial charge in [0.05, 0.1) is 0 Å². The molecule has 1 atom stereocenters. The molecule has 8 nitrogen and oxygen atoms in total. The highest BCUT2D eigenvalue weighted by Gasteiger charge is 2.27. The third-order valence-electron chi connectivity index (χ3n) is 3.25. The molecule has 20 heavy (non-hydrogen) atoms. The molecule has 9 heteroatoms. The maximum Gasteiger partial charge on any atom is 0.323 e. The number of hydrogen-bond acceptors (Lipinski definition) is 6. The molecule has 1 aromatic rings. The van der Waals surface area contributed by atoms with Crippen LogP contribution in [0, 0.1) is 6.92 Å². The van der Waals surface area contributed by atoms with Gasteiger partial charge in [-0.3, -0.25) is 15.0 Å². The Balaban J connectivity index is 1.84. The molecule has 0 aliphatic carbocycles. The number of amides is 2. The quantitative estimate of drug-likeness (QED) is 0.842. The maximum atomic E-state index is 12.0. The fourth-order valence-corrected chi connectivity index (χ4v) is 2.57. The molecular formula is C11H17N5O3S. The smallest absolute Gasteiger partial charge is 0.323 e. The van der Waals surface area contributed by atoms with Crippen molar-refractivity contribution in [2.75, 3.05) is 31.5 Å². The van der Waals surface area contributed by atoms with Gasteiger partial charge in [0.1, 0.15) is 11.0 Å². The minimum absolute atomic E-state index is 0.219. The predicted molar refractivity (Wildman–Crippen MR) is 73.9 cm³/mol. The van der Waals surface area contributed by atoms with Gasteiger partial charge in [-0.2, -0.15) is 0 Å². The summed E-state index contributed by atoms with van der Waals surface area (Å²) in [6, 6.07) is -0.741. The SMILES string of the molecule is Cc1nnc(NC(=O)N2CCN(C(C)C(=O)O)CC2)s1. The number of piperazine rings is 1. The van der Waals surface area contributed by atoms with Crippen molar-refractivity contribution in [3.8, 4) is 0 Å². The Kier molecular flexibility index (Phi) is 4.50. The third kappa shape index (κ3) is 3.42. The van der Waals surface area contributed by atoms with Crippen LogP contribution < -0.4 is 5.32 Å². The van der Waals surface area contributed by atoms with Gasteiger partial charge in [-0.05, 0) is 13.8 Å². The molecule has 1 unspecified atom stereocenters. The molecule has 2 rings (SSSR count). The third-order valence-corrected chi connectivity index (χ3v) is 4.00. The molecule has 1 aliphatic heterocycles. The fourth-order valence-electron chi connectivity index (χ4n) is 1.99. The van der Waals surface area contributed by atoms with Crippen LogP contribution >= 0.6 is 11.3 Å². The zero-order valence-electron chi connectivity index (χ0n) is 11.4. The van der Waals surface area contributed by atoms with Crippen molar-refractivity contribution >= 4 is 28.5 Å². The van der Waals surface area contributed by atoms with E-state index in [1.807, 2.05) is 11.8 Å². The number of carbonyl (C=O) groups is 2. The monoisotopic (exact) mass is 299 g/mol. The van der Waals surface area contributed by atoms with Gasteiger partial charge in [0.25, 0.3) is 0 Å². The van der Waals surface area contributed by atoms with Gasteiger partial charge in [-0.15, -0.1) is 10.2 Å². The summed E-state index contributed by atoms with van der Waals surface area (Å²) >= 11 is 1.32. The Bertz CT molecular complexity index is 498. The molecule has 0 saturated carbocycles. The molecule has 2 N–H and O–H groups in total. The van der Waals surface area contributed by atoms with Crippen LogP contribution in [-0.4, -0.2) is 69.3 Å². The highest BCUT2D eigenvalue weighted by Crippen LogP contribution is 2.15. The van der Waals surface area contributed by atoms with Crippen molar-refractivity contribution in [3.05, 3.63) is 5.01 Å². The number of carboxylic acid groups (broad SMARTS) is 1. The van der Waals surface area contributed by atoms with Crippen molar-refractivity contribution in [2.45, 2.75) is 19.9 Å². The summed E-state index contributed by atoms with van der Waals surface area (Å²) < 4.78 is 0. The van der Waals surface area contributed by atoms with E-state index in [0.29, 0.717) is 31.3 Å².